The molecule has 4 nitrogen and oxygen atoms in total. The Bertz CT molecular complexity index is 786. The van der Waals surface area contributed by atoms with E-state index in [1.165, 1.54) is 11.1 Å². The first kappa shape index (κ1) is 15.8. The van der Waals surface area contributed by atoms with Crippen LogP contribution in [0, 0.1) is 13.8 Å². The van der Waals surface area contributed by atoms with Gasteiger partial charge in [0.1, 0.15) is 0 Å². The highest BCUT2D eigenvalue weighted by atomic mass is 16.1. The molecule has 1 heterocycles. The number of anilines is 1. The minimum atomic E-state index is -0.0709. The van der Waals surface area contributed by atoms with Crippen LogP contribution in [0.4, 0.5) is 5.69 Å². The highest BCUT2D eigenvalue weighted by molar-refractivity contribution is 6.06. The van der Waals surface area contributed by atoms with Crippen LogP contribution in [0.3, 0.4) is 0 Å². The second-order valence-corrected chi connectivity index (χ2v) is 7.38. The molecule has 0 saturated carbocycles. The van der Waals surface area contributed by atoms with Gasteiger partial charge in [-0.15, -0.1) is 0 Å². The number of rotatable bonds is 2. The Hall–Kier alpha value is -2.10. The highest BCUT2D eigenvalue weighted by Crippen LogP contribution is 2.48. The summed E-state index contributed by atoms with van der Waals surface area (Å²) in [6, 6.07) is 6.24. The zero-order valence-electron chi connectivity index (χ0n) is 14.8. The van der Waals surface area contributed by atoms with E-state index in [1.54, 1.807) is 4.68 Å². The number of amides is 1. The fraction of sp³-hybridized carbons (Fsp3) is 0.474. The molecule has 23 heavy (non-hydrogen) atoms. The average Bonchev–Trinajstić information content (AvgIpc) is 2.84. The number of aryl methyl sites for hydroxylation is 2. The van der Waals surface area contributed by atoms with Crippen molar-refractivity contribution in [3.05, 3.63) is 46.3 Å². The molecular weight excluding hydrogens is 286 g/mol. The summed E-state index contributed by atoms with van der Waals surface area (Å²) in [6.07, 6.45) is 1.11. The van der Waals surface area contributed by atoms with E-state index in [9.17, 15) is 4.79 Å². The van der Waals surface area contributed by atoms with Gasteiger partial charge in [-0.2, -0.15) is 5.10 Å². The van der Waals surface area contributed by atoms with Crippen molar-refractivity contribution >= 4 is 11.6 Å². The van der Waals surface area contributed by atoms with E-state index in [0.29, 0.717) is 11.5 Å². The SMILES string of the molecule is Cc1nn(C)c(C)c1C(=O)Nc1cccc2c1C(C)CC2(C)C. The number of aromatic nitrogens is 2. The van der Waals surface area contributed by atoms with Crippen LogP contribution in [-0.2, 0) is 12.5 Å². The van der Waals surface area contributed by atoms with Gasteiger partial charge in [0.05, 0.1) is 11.3 Å². The summed E-state index contributed by atoms with van der Waals surface area (Å²) in [5, 5.41) is 7.47. The number of nitrogens with zero attached hydrogens (tertiary/aromatic N) is 2. The molecular formula is C19H25N3O. The molecule has 1 aliphatic carbocycles. The molecule has 1 aromatic carbocycles. The van der Waals surface area contributed by atoms with Crippen LogP contribution >= 0.6 is 0 Å². The monoisotopic (exact) mass is 311 g/mol. The Kier molecular flexibility index (Phi) is 3.58. The summed E-state index contributed by atoms with van der Waals surface area (Å²) in [7, 11) is 1.87. The maximum Gasteiger partial charge on any atom is 0.259 e. The summed E-state index contributed by atoms with van der Waals surface area (Å²) in [5.74, 6) is 0.381. The molecule has 1 aliphatic rings. The van der Waals surface area contributed by atoms with Gasteiger partial charge in [0.25, 0.3) is 5.91 Å². The minimum Gasteiger partial charge on any atom is -0.322 e. The van der Waals surface area contributed by atoms with E-state index in [-0.39, 0.29) is 11.3 Å². The van der Waals surface area contributed by atoms with Crippen molar-refractivity contribution in [2.75, 3.05) is 5.32 Å². The molecule has 4 heteroatoms. The average molecular weight is 311 g/mol. The van der Waals surface area contributed by atoms with E-state index in [0.717, 1.165) is 23.5 Å². The van der Waals surface area contributed by atoms with Gasteiger partial charge in [0.15, 0.2) is 0 Å². The molecule has 1 aromatic heterocycles. The number of carbonyl (C=O) groups is 1. The second kappa shape index (κ2) is 5.22. The van der Waals surface area contributed by atoms with Crippen molar-refractivity contribution in [2.24, 2.45) is 7.05 Å². The lowest BCUT2D eigenvalue weighted by molar-refractivity contribution is 0.102. The predicted octanol–water partition coefficient (Wildman–Crippen LogP) is 4.07. The molecule has 1 amide bonds. The molecule has 0 bridgehead atoms. The third-order valence-electron chi connectivity index (χ3n) is 5.13. The predicted molar refractivity (Wildman–Crippen MR) is 93.1 cm³/mol. The van der Waals surface area contributed by atoms with Crippen molar-refractivity contribution in [2.45, 2.75) is 52.4 Å². The number of hydrogen-bond acceptors (Lipinski definition) is 2. The maximum atomic E-state index is 12.8. The van der Waals surface area contributed by atoms with E-state index >= 15 is 0 Å². The first-order valence-electron chi connectivity index (χ1n) is 8.17. The van der Waals surface area contributed by atoms with Crippen LogP contribution in [0.2, 0.25) is 0 Å². The third kappa shape index (κ3) is 2.46. The zero-order chi connectivity index (χ0) is 16.9. The number of fused-ring (bicyclic) bond motifs is 1. The fourth-order valence-electron chi connectivity index (χ4n) is 4.06. The summed E-state index contributed by atoms with van der Waals surface area (Å²) in [4.78, 5) is 12.8. The van der Waals surface area contributed by atoms with Gasteiger partial charge in [-0.3, -0.25) is 9.48 Å². The molecule has 1 unspecified atom stereocenters. The number of benzene rings is 1. The lowest BCUT2D eigenvalue weighted by Crippen LogP contribution is -2.16. The van der Waals surface area contributed by atoms with Crippen LogP contribution < -0.4 is 5.32 Å². The van der Waals surface area contributed by atoms with Crippen molar-refractivity contribution in [3.8, 4) is 0 Å². The van der Waals surface area contributed by atoms with Crippen molar-refractivity contribution in [1.82, 2.24) is 9.78 Å². The van der Waals surface area contributed by atoms with Crippen LogP contribution in [-0.4, -0.2) is 15.7 Å². The van der Waals surface area contributed by atoms with Gasteiger partial charge in [-0.1, -0.05) is 32.9 Å². The summed E-state index contributed by atoms with van der Waals surface area (Å²) in [6.45, 7) is 10.6. The topological polar surface area (TPSA) is 46.9 Å². The van der Waals surface area contributed by atoms with E-state index in [2.05, 4.69) is 37.3 Å². The quantitative estimate of drug-likeness (QED) is 0.908. The molecule has 0 saturated heterocycles. The van der Waals surface area contributed by atoms with Crippen molar-refractivity contribution in [3.63, 3.8) is 0 Å². The molecule has 1 N–H and O–H groups in total. The normalized spacial score (nSPS) is 18.8. The maximum absolute atomic E-state index is 12.8. The molecule has 1 atom stereocenters. The highest BCUT2D eigenvalue weighted by Gasteiger charge is 2.36. The Morgan fingerprint density at radius 3 is 2.65 bits per heavy atom. The van der Waals surface area contributed by atoms with E-state index in [1.807, 2.05) is 33.0 Å². The summed E-state index contributed by atoms with van der Waals surface area (Å²) in [5.41, 5.74) is 6.07. The van der Waals surface area contributed by atoms with Gasteiger partial charge >= 0.3 is 0 Å². The van der Waals surface area contributed by atoms with Crippen LogP contribution in [0.1, 0.15) is 66.0 Å². The molecule has 0 spiro atoms. The Morgan fingerprint density at radius 1 is 1.35 bits per heavy atom. The van der Waals surface area contributed by atoms with Gasteiger partial charge in [-0.05, 0) is 48.8 Å². The first-order chi connectivity index (χ1) is 10.7. The smallest absolute Gasteiger partial charge is 0.259 e. The lowest BCUT2D eigenvalue weighted by Gasteiger charge is -2.19. The molecule has 0 aliphatic heterocycles. The molecule has 2 aromatic rings. The Balaban J connectivity index is 1.99. The molecule has 3 rings (SSSR count). The van der Waals surface area contributed by atoms with Gasteiger partial charge in [0, 0.05) is 18.4 Å². The third-order valence-corrected chi connectivity index (χ3v) is 5.13. The standard InChI is InChI=1S/C19H25N3O/c1-11-10-19(4,5)14-8-7-9-15(16(11)14)20-18(23)17-12(2)21-22(6)13(17)3/h7-9,11H,10H2,1-6H3,(H,20,23). The van der Waals surface area contributed by atoms with Crippen molar-refractivity contribution in [1.29, 1.82) is 0 Å². The number of nitrogens with one attached hydrogen (secondary N) is 1. The van der Waals surface area contributed by atoms with Crippen LogP contribution in [0.25, 0.3) is 0 Å². The summed E-state index contributed by atoms with van der Waals surface area (Å²) >= 11 is 0. The minimum absolute atomic E-state index is 0.0709. The van der Waals surface area contributed by atoms with Gasteiger partial charge in [-0.25, -0.2) is 0 Å². The number of carbonyl (C=O) groups excluding carboxylic acids is 1. The summed E-state index contributed by atoms with van der Waals surface area (Å²) < 4.78 is 1.76. The molecule has 122 valence electrons. The van der Waals surface area contributed by atoms with Crippen LogP contribution in [0.5, 0.6) is 0 Å². The lowest BCUT2D eigenvalue weighted by atomic mass is 9.86. The second-order valence-electron chi connectivity index (χ2n) is 7.38. The van der Waals surface area contributed by atoms with E-state index < -0.39 is 0 Å². The number of hydrogen-bond donors (Lipinski definition) is 1. The molecule has 0 fully saturated rings. The van der Waals surface area contributed by atoms with Crippen LogP contribution in [0.15, 0.2) is 18.2 Å². The largest absolute Gasteiger partial charge is 0.322 e. The first-order valence-corrected chi connectivity index (χ1v) is 8.17. The van der Waals surface area contributed by atoms with Crippen molar-refractivity contribution < 1.29 is 4.79 Å². The van der Waals surface area contributed by atoms with Gasteiger partial charge in [0.2, 0.25) is 0 Å². The molecule has 0 radical (unpaired) electrons. The fourth-order valence-corrected chi connectivity index (χ4v) is 4.06. The van der Waals surface area contributed by atoms with Gasteiger partial charge < -0.3 is 5.32 Å². The zero-order valence-corrected chi connectivity index (χ0v) is 14.8. The Morgan fingerprint density at radius 2 is 2.04 bits per heavy atom. The van der Waals surface area contributed by atoms with E-state index in [4.69, 9.17) is 0 Å². The Labute approximate surface area is 137 Å².